The number of aliphatic hydroxyl groups is 1. The van der Waals surface area contributed by atoms with Crippen molar-refractivity contribution in [2.45, 2.75) is 50.5 Å². The summed E-state index contributed by atoms with van der Waals surface area (Å²) in [7, 11) is 0. The van der Waals surface area contributed by atoms with Gasteiger partial charge in [-0.1, -0.05) is 30.3 Å². The van der Waals surface area contributed by atoms with Crippen LogP contribution in [0.15, 0.2) is 42.6 Å². The van der Waals surface area contributed by atoms with Crippen LogP contribution >= 0.6 is 11.3 Å². The van der Waals surface area contributed by atoms with Crippen LogP contribution in [0.2, 0.25) is 0 Å². The number of aryl methyl sites for hydroxylation is 1. The maximum atomic E-state index is 9.69. The Balaban J connectivity index is 1.50. The van der Waals surface area contributed by atoms with Gasteiger partial charge in [-0.05, 0) is 50.2 Å². The number of pyridine rings is 1. The van der Waals surface area contributed by atoms with Gasteiger partial charge >= 0.3 is 0 Å². The van der Waals surface area contributed by atoms with Crippen molar-refractivity contribution in [2.24, 2.45) is 0 Å². The second-order valence-electron chi connectivity index (χ2n) is 7.80. The predicted molar refractivity (Wildman–Crippen MR) is 116 cm³/mol. The fourth-order valence-corrected chi connectivity index (χ4v) is 5.09. The largest absolute Gasteiger partial charge is 0.486 e. The molecule has 2 N–H and O–H groups in total. The van der Waals surface area contributed by atoms with E-state index in [2.05, 4.69) is 22.4 Å². The maximum absolute atomic E-state index is 9.69. The van der Waals surface area contributed by atoms with E-state index in [0.29, 0.717) is 5.82 Å². The van der Waals surface area contributed by atoms with E-state index in [0.717, 1.165) is 59.8 Å². The van der Waals surface area contributed by atoms with E-state index in [1.807, 2.05) is 30.5 Å². The molecule has 2 aromatic heterocycles. The Labute approximate surface area is 174 Å². The van der Waals surface area contributed by atoms with Crippen LogP contribution < -0.4 is 10.1 Å². The number of anilines is 2. The van der Waals surface area contributed by atoms with Gasteiger partial charge in [-0.2, -0.15) is 0 Å². The van der Waals surface area contributed by atoms with Crippen LogP contribution in [0, 0.1) is 0 Å². The molecular formula is C23H25N3O2S. The van der Waals surface area contributed by atoms with Crippen LogP contribution in [0.1, 0.15) is 48.6 Å². The third-order valence-electron chi connectivity index (χ3n) is 5.84. The fraction of sp³-hybridized carbons (Fsp3) is 0.391. The molecule has 6 heteroatoms. The molecule has 0 saturated heterocycles. The van der Waals surface area contributed by atoms with Gasteiger partial charge in [0, 0.05) is 22.6 Å². The number of hydrogen-bond donors (Lipinski definition) is 2. The average Bonchev–Trinajstić information content (AvgIpc) is 3.14. The van der Waals surface area contributed by atoms with Crippen molar-refractivity contribution < 1.29 is 9.84 Å². The van der Waals surface area contributed by atoms with Gasteiger partial charge < -0.3 is 15.2 Å². The molecule has 0 spiro atoms. The van der Waals surface area contributed by atoms with Crippen LogP contribution in [-0.2, 0) is 6.42 Å². The molecule has 0 bridgehead atoms. The van der Waals surface area contributed by atoms with Crippen molar-refractivity contribution in [1.29, 1.82) is 0 Å². The van der Waals surface area contributed by atoms with Crippen molar-refractivity contribution in [3.63, 3.8) is 0 Å². The summed E-state index contributed by atoms with van der Waals surface area (Å²) in [4.78, 5) is 10.7. The van der Waals surface area contributed by atoms with Crippen LogP contribution in [0.3, 0.4) is 0 Å². The molecule has 1 aromatic carbocycles. The van der Waals surface area contributed by atoms with E-state index >= 15 is 0 Å². The highest BCUT2D eigenvalue weighted by Crippen LogP contribution is 2.41. The van der Waals surface area contributed by atoms with Crippen molar-refractivity contribution >= 4 is 22.3 Å². The minimum Gasteiger partial charge on any atom is -0.486 e. The molecule has 1 saturated carbocycles. The Morgan fingerprint density at radius 2 is 1.97 bits per heavy atom. The van der Waals surface area contributed by atoms with Gasteiger partial charge in [0.1, 0.15) is 0 Å². The van der Waals surface area contributed by atoms with Crippen LogP contribution in [0.5, 0.6) is 5.75 Å². The molecule has 29 heavy (non-hydrogen) atoms. The van der Waals surface area contributed by atoms with Gasteiger partial charge in [0.25, 0.3) is 0 Å². The number of aliphatic hydroxyl groups excluding tert-OH is 1. The molecule has 2 heterocycles. The lowest BCUT2D eigenvalue weighted by molar-refractivity contribution is 0.121. The number of ether oxygens (including phenoxy) is 1. The number of thiazole rings is 1. The van der Waals surface area contributed by atoms with E-state index in [9.17, 15) is 5.11 Å². The molecule has 3 aromatic rings. The van der Waals surface area contributed by atoms with Crippen molar-refractivity contribution in [2.75, 3.05) is 11.9 Å². The van der Waals surface area contributed by atoms with Gasteiger partial charge in [0.05, 0.1) is 18.4 Å². The van der Waals surface area contributed by atoms with E-state index in [1.54, 1.807) is 11.3 Å². The van der Waals surface area contributed by atoms with Gasteiger partial charge in [0.2, 0.25) is 0 Å². The van der Waals surface area contributed by atoms with Crippen molar-refractivity contribution in [3.8, 4) is 16.9 Å². The second kappa shape index (κ2) is 8.13. The standard InChI is InChI=1S/C23H25N3O2S/c27-14-16-8-4-11-19-20(16)25-23(29-19)26-22-21(28-17-9-5-10-17)18(12-13-24-22)15-6-2-1-3-7-15/h1-3,6-7,12-13,16-17,27H,4-5,8-11,14H2,(H,24,25,26). The molecule has 0 radical (unpaired) electrons. The third kappa shape index (κ3) is 3.74. The van der Waals surface area contributed by atoms with E-state index in [-0.39, 0.29) is 18.6 Å². The maximum Gasteiger partial charge on any atom is 0.188 e. The SMILES string of the molecule is OCC1CCCc2sc(Nc3nccc(-c4ccccc4)c3OC3CCC3)nc21. The Morgan fingerprint density at radius 3 is 2.72 bits per heavy atom. The first-order chi connectivity index (χ1) is 14.3. The minimum absolute atomic E-state index is 0.153. The summed E-state index contributed by atoms with van der Waals surface area (Å²) in [6, 6.07) is 12.3. The molecule has 2 aliphatic carbocycles. The first-order valence-electron chi connectivity index (χ1n) is 10.4. The summed E-state index contributed by atoms with van der Waals surface area (Å²) in [5.41, 5.74) is 3.21. The monoisotopic (exact) mass is 407 g/mol. The lowest BCUT2D eigenvalue weighted by Crippen LogP contribution is -2.25. The lowest BCUT2D eigenvalue weighted by Gasteiger charge is -2.28. The molecule has 0 amide bonds. The first kappa shape index (κ1) is 18.6. The molecule has 1 fully saturated rings. The zero-order valence-electron chi connectivity index (χ0n) is 16.3. The number of aromatic nitrogens is 2. The lowest BCUT2D eigenvalue weighted by atomic mass is 9.92. The summed E-state index contributed by atoms with van der Waals surface area (Å²) in [6.07, 6.45) is 8.62. The first-order valence-corrected chi connectivity index (χ1v) is 11.2. The molecule has 150 valence electrons. The fourth-order valence-electron chi connectivity index (χ4n) is 4.00. The highest BCUT2D eigenvalue weighted by atomic mass is 32.1. The number of rotatable bonds is 6. The highest BCUT2D eigenvalue weighted by molar-refractivity contribution is 7.15. The highest BCUT2D eigenvalue weighted by Gasteiger charge is 2.26. The van der Waals surface area contributed by atoms with E-state index in [1.165, 1.54) is 11.3 Å². The van der Waals surface area contributed by atoms with Gasteiger partial charge in [-0.15, -0.1) is 11.3 Å². The van der Waals surface area contributed by atoms with Crippen molar-refractivity contribution in [3.05, 3.63) is 53.2 Å². The number of nitrogens with one attached hydrogen (secondary N) is 1. The third-order valence-corrected chi connectivity index (χ3v) is 6.89. The molecule has 1 atom stereocenters. The Kier molecular flexibility index (Phi) is 5.21. The molecule has 5 nitrogen and oxygen atoms in total. The smallest absolute Gasteiger partial charge is 0.188 e. The van der Waals surface area contributed by atoms with Crippen LogP contribution in [0.25, 0.3) is 11.1 Å². The molecule has 2 aliphatic rings. The zero-order valence-corrected chi connectivity index (χ0v) is 17.1. The summed E-state index contributed by atoms with van der Waals surface area (Å²) < 4.78 is 6.40. The number of hydrogen-bond acceptors (Lipinski definition) is 6. The molecular weight excluding hydrogens is 382 g/mol. The van der Waals surface area contributed by atoms with Gasteiger partial charge in [-0.3, -0.25) is 0 Å². The molecule has 1 unspecified atom stereocenters. The van der Waals surface area contributed by atoms with E-state index in [4.69, 9.17) is 9.72 Å². The van der Waals surface area contributed by atoms with Crippen LogP contribution in [0.4, 0.5) is 10.9 Å². The zero-order chi connectivity index (χ0) is 19.6. The Morgan fingerprint density at radius 1 is 1.10 bits per heavy atom. The predicted octanol–water partition coefficient (Wildman–Crippen LogP) is 5.29. The second-order valence-corrected chi connectivity index (χ2v) is 8.88. The normalized spacial score (nSPS) is 18.7. The summed E-state index contributed by atoms with van der Waals surface area (Å²) in [5.74, 6) is 1.67. The molecule has 5 rings (SSSR count). The van der Waals surface area contributed by atoms with Crippen LogP contribution in [-0.4, -0.2) is 27.8 Å². The number of nitrogens with zero attached hydrogens (tertiary/aromatic N) is 2. The number of benzene rings is 1. The minimum atomic E-state index is 0.153. The van der Waals surface area contributed by atoms with Crippen molar-refractivity contribution in [1.82, 2.24) is 9.97 Å². The Bertz CT molecular complexity index is 985. The summed E-state index contributed by atoms with van der Waals surface area (Å²) in [5, 5.41) is 13.9. The van der Waals surface area contributed by atoms with Gasteiger partial charge in [0.15, 0.2) is 16.7 Å². The average molecular weight is 408 g/mol. The topological polar surface area (TPSA) is 67.3 Å². The Hall–Kier alpha value is -2.44. The quantitative estimate of drug-likeness (QED) is 0.581. The molecule has 0 aliphatic heterocycles. The summed E-state index contributed by atoms with van der Waals surface area (Å²) in [6.45, 7) is 0.161. The van der Waals surface area contributed by atoms with E-state index < -0.39 is 0 Å². The number of fused-ring (bicyclic) bond motifs is 1. The summed E-state index contributed by atoms with van der Waals surface area (Å²) >= 11 is 1.67. The van der Waals surface area contributed by atoms with Gasteiger partial charge in [-0.25, -0.2) is 9.97 Å².